The Bertz CT molecular complexity index is 1250. The van der Waals surface area contributed by atoms with Crippen LogP contribution in [0.4, 0.5) is 5.69 Å². The number of rotatable bonds is 7. The summed E-state index contributed by atoms with van der Waals surface area (Å²) in [5, 5.41) is 6.26. The second-order valence-electron chi connectivity index (χ2n) is 6.59. The molecule has 0 aliphatic carbocycles. The number of esters is 1. The number of carbonyl (C=O) groups excluding carboxylic acids is 2. The Kier molecular flexibility index (Phi) is 6.20. The lowest BCUT2D eigenvalue weighted by Crippen LogP contribution is -2.15. The number of H-pyrrole nitrogens is 1. The number of aromatic nitrogens is 2. The van der Waals surface area contributed by atoms with Crippen molar-refractivity contribution < 1.29 is 19.1 Å². The van der Waals surface area contributed by atoms with Gasteiger partial charge in [-0.15, -0.1) is 11.3 Å². The van der Waals surface area contributed by atoms with Crippen LogP contribution in [-0.4, -0.2) is 29.0 Å². The van der Waals surface area contributed by atoms with Gasteiger partial charge in [-0.25, -0.2) is 9.78 Å². The lowest BCUT2D eigenvalue weighted by molar-refractivity contribution is -0.115. The van der Waals surface area contributed by atoms with Gasteiger partial charge >= 0.3 is 5.97 Å². The van der Waals surface area contributed by atoms with Crippen LogP contribution in [0, 0.1) is 0 Å². The summed E-state index contributed by atoms with van der Waals surface area (Å²) in [6.07, 6.45) is 0.102. The van der Waals surface area contributed by atoms with Gasteiger partial charge in [0.05, 0.1) is 29.9 Å². The van der Waals surface area contributed by atoms with Crippen LogP contribution in [0.3, 0.4) is 0 Å². The molecule has 31 heavy (non-hydrogen) atoms. The van der Waals surface area contributed by atoms with Crippen LogP contribution in [0.2, 0.25) is 5.02 Å². The number of methoxy groups -OCH3 is 1. The van der Waals surface area contributed by atoms with Crippen LogP contribution >= 0.6 is 22.9 Å². The fourth-order valence-corrected chi connectivity index (χ4v) is 4.10. The van der Waals surface area contributed by atoms with E-state index in [4.69, 9.17) is 21.1 Å². The van der Waals surface area contributed by atoms with Gasteiger partial charge in [-0.1, -0.05) is 41.9 Å². The molecule has 2 aromatic heterocycles. The number of ether oxygens (including phenoxy) is 2. The van der Waals surface area contributed by atoms with Gasteiger partial charge < -0.3 is 19.8 Å². The molecule has 2 N–H and O–H groups in total. The molecule has 0 bridgehead atoms. The SMILES string of the molecule is COc1ccccc1NC(=O)Cc1nc(COC(=O)c2[nH]c3ccccc3c2Cl)cs1. The maximum absolute atomic E-state index is 12.4. The first-order chi connectivity index (χ1) is 15.0. The number of fused-ring (bicyclic) bond motifs is 1. The summed E-state index contributed by atoms with van der Waals surface area (Å²) in [6, 6.07) is 14.5. The Labute approximate surface area is 187 Å². The summed E-state index contributed by atoms with van der Waals surface area (Å²) < 4.78 is 10.6. The van der Waals surface area contributed by atoms with Gasteiger partial charge in [0.15, 0.2) is 0 Å². The number of para-hydroxylation sites is 3. The molecular weight excluding hydrogens is 438 g/mol. The first-order valence-electron chi connectivity index (χ1n) is 9.34. The predicted molar refractivity (Wildman–Crippen MR) is 120 cm³/mol. The molecule has 4 aromatic rings. The minimum atomic E-state index is -0.565. The van der Waals surface area contributed by atoms with E-state index >= 15 is 0 Å². The Balaban J connectivity index is 1.35. The maximum atomic E-state index is 12.4. The number of nitrogens with zero attached hydrogens (tertiary/aromatic N) is 1. The maximum Gasteiger partial charge on any atom is 0.356 e. The summed E-state index contributed by atoms with van der Waals surface area (Å²) in [5.74, 6) is -0.199. The van der Waals surface area contributed by atoms with Crippen LogP contribution in [0.25, 0.3) is 10.9 Å². The molecule has 2 aromatic carbocycles. The molecule has 0 atom stereocenters. The third kappa shape index (κ3) is 4.70. The zero-order valence-electron chi connectivity index (χ0n) is 16.5. The third-order valence-corrected chi connectivity index (χ3v) is 5.78. The topological polar surface area (TPSA) is 93.3 Å². The van der Waals surface area contributed by atoms with Crippen molar-refractivity contribution in [1.82, 2.24) is 9.97 Å². The van der Waals surface area contributed by atoms with E-state index in [2.05, 4.69) is 15.3 Å². The molecule has 0 unspecified atom stereocenters. The normalized spacial score (nSPS) is 10.8. The van der Waals surface area contributed by atoms with E-state index in [-0.39, 0.29) is 24.6 Å². The molecule has 4 rings (SSSR count). The average molecular weight is 456 g/mol. The fourth-order valence-electron chi connectivity index (χ4n) is 3.04. The number of hydrogen-bond donors (Lipinski definition) is 2. The largest absolute Gasteiger partial charge is 0.495 e. The molecular formula is C22H18ClN3O4S. The standard InChI is InChI=1S/C22H18ClN3O4S/c1-29-17-9-5-4-8-16(17)25-18(27)10-19-24-13(12-31-19)11-30-22(28)21-20(23)14-6-2-3-7-15(14)26-21/h2-9,12,26H,10-11H2,1H3,(H,25,27). The molecule has 0 aliphatic rings. The van der Waals surface area contributed by atoms with E-state index < -0.39 is 5.97 Å². The minimum absolute atomic E-state index is 0.0187. The van der Waals surface area contributed by atoms with Crippen molar-refractivity contribution >= 4 is 51.4 Å². The Hall–Kier alpha value is -3.36. The highest BCUT2D eigenvalue weighted by Crippen LogP contribution is 2.28. The van der Waals surface area contributed by atoms with Gasteiger partial charge in [0.1, 0.15) is 23.1 Å². The molecule has 0 saturated carbocycles. The summed E-state index contributed by atoms with van der Waals surface area (Å²) in [7, 11) is 1.54. The van der Waals surface area contributed by atoms with Crippen molar-refractivity contribution in [2.45, 2.75) is 13.0 Å². The van der Waals surface area contributed by atoms with E-state index in [1.54, 1.807) is 24.6 Å². The first kappa shape index (κ1) is 20.9. The first-order valence-corrected chi connectivity index (χ1v) is 10.6. The van der Waals surface area contributed by atoms with Gasteiger partial charge in [-0.05, 0) is 18.2 Å². The Morgan fingerprint density at radius 3 is 2.74 bits per heavy atom. The molecule has 7 nitrogen and oxygen atoms in total. The Morgan fingerprint density at radius 1 is 1.16 bits per heavy atom. The summed E-state index contributed by atoms with van der Waals surface area (Å²) in [5.41, 5.74) is 2.12. The van der Waals surface area contributed by atoms with Crippen LogP contribution in [0.5, 0.6) is 5.75 Å². The van der Waals surface area contributed by atoms with Crippen molar-refractivity contribution in [3.63, 3.8) is 0 Å². The quantitative estimate of drug-likeness (QED) is 0.389. The minimum Gasteiger partial charge on any atom is -0.495 e. The molecule has 2 heterocycles. The number of nitrogens with one attached hydrogen (secondary N) is 2. The number of amides is 1. The molecule has 0 radical (unpaired) electrons. The predicted octanol–water partition coefficient (Wildman–Crippen LogP) is 4.82. The Morgan fingerprint density at radius 2 is 1.94 bits per heavy atom. The fraction of sp³-hybridized carbons (Fsp3) is 0.136. The molecule has 0 saturated heterocycles. The summed E-state index contributed by atoms with van der Waals surface area (Å²) >= 11 is 7.61. The van der Waals surface area contributed by atoms with Crippen molar-refractivity contribution in [2.75, 3.05) is 12.4 Å². The van der Waals surface area contributed by atoms with E-state index in [0.29, 0.717) is 27.2 Å². The molecule has 0 fully saturated rings. The molecule has 0 aliphatic heterocycles. The van der Waals surface area contributed by atoms with Crippen LogP contribution in [0.1, 0.15) is 21.2 Å². The van der Waals surface area contributed by atoms with Crippen molar-refractivity contribution in [3.05, 3.63) is 75.3 Å². The monoisotopic (exact) mass is 455 g/mol. The number of halogens is 1. The zero-order valence-corrected chi connectivity index (χ0v) is 18.0. The summed E-state index contributed by atoms with van der Waals surface area (Å²) in [6.45, 7) is -0.0187. The van der Waals surface area contributed by atoms with Crippen LogP contribution < -0.4 is 10.1 Å². The van der Waals surface area contributed by atoms with Crippen molar-refractivity contribution in [3.8, 4) is 5.75 Å². The highest BCUT2D eigenvalue weighted by atomic mass is 35.5. The van der Waals surface area contributed by atoms with Gasteiger partial charge in [-0.2, -0.15) is 0 Å². The number of hydrogen-bond acceptors (Lipinski definition) is 6. The van der Waals surface area contributed by atoms with Gasteiger partial charge in [0.2, 0.25) is 5.91 Å². The van der Waals surface area contributed by atoms with Gasteiger partial charge in [-0.3, -0.25) is 4.79 Å². The molecule has 1 amide bonds. The summed E-state index contributed by atoms with van der Waals surface area (Å²) in [4.78, 5) is 32.1. The van der Waals surface area contributed by atoms with Crippen molar-refractivity contribution in [1.29, 1.82) is 0 Å². The lowest BCUT2D eigenvalue weighted by atomic mass is 10.2. The number of carbonyl (C=O) groups is 2. The number of benzene rings is 2. The molecule has 9 heteroatoms. The lowest BCUT2D eigenvalue weighted by Gasteiger charge is -2.08. The molecule has 158 valence electrons. The highest BCUT2D eigenvalue weighted by Gasteiger charge is 2.18. The van der Waals surface area contributed by atoms with E-state index in [1.807, 2.05) is 36.4 Å². The van der Waals surface area contributed by atoms with Crippen LogP contribution in [0.15, 0.2) is 53.9 Å². The third-order valence-electron chi connectivity index (χ3n) is 4.49. The second-order valence-corrected chi connectivity index (χ2v) is 7.91. The highest BCUT2D eigenvalue weighted by molar-refractivity contribution is 7.09. The number of anilines is 1. The molecule has 0 spiro atoms. The van der Waals surface area contributed by atoms with Gasteiger partial charge in [0.25, 0.3) is 0 Å². The van der Waals surface area contributed by atoms with Gasteiger partial charge in [0, 0.05) is 16.3 Å². The van der Waals surface area contributed by atoms with Crippen molar-refractivity contribution in [2.24, 2.45) is 0 Å². The smallest absolute Gasteiger partial charge is 0.356 e. The average Bonchev–Trinajstić information content (AvgIpc) is 3.36. The zero-order chi connectivity index (χ0) is 21.8. The van der Waals surface area contributed by atoms with E-state index in [0.717, 1.165) is 10.9 Å². The van der Waals surface area contributed by atoms with Crippen LogP contribution in [-0.2, 0) is 22.6 Å². The second kappa shape index (κ2) is 9.20. The van der Waals surface area contributed by atoms with E-state index in [9.17, 15) is 9.59 Å². The van der Waals surface area contributed by atoms with E-state index in [1.165, 1.54) is 11.3 Å². The number of thiazole rings is 1. The number of aromatic amines is 1.